The second-order valence-electron chi connectivity index (χ2n) is 10.2. The molecule has 0 aromatic heterocycles. The summed E-state index contributed by atoms with van der Waals surface area (Å²) in [6.07, 6.45) is 2.71. The monoisotopic (exact) mass is 435 g/mol. The normalized spacial score (nSPS) is 12.5. The molecule has 31 heavy (non-hydrogen) atoms. The van der Waals surface area contributed by atoms with Crippen LogP contribution in [-0.4, -0.2) is 35.3 Å². The summed E-state index contributed by atoms with van der Waals surface area (Å²) in [6.45, 7) is 12.2. The molecule has 0 bridgehead atoms. The number of carbonyl (C=O) groups is 2. The number of hydrogen-bond acceptors (Lipinski definition) is 6. The molecule has 0 amide bonds. The zero-order valence-electron chi connectivity index (χ0n) is 20.2. The van der Waals surface area contributed by atoms with E-state index in [0.717, 1.165) is 12.0 Å². The van der Waals surface area contributed by atoms with Crippen molar-refractivity contribution in [2.45, 2.75) is 103 Å². The third kappa shape index (κ3) is 13.9. The van der Waals surface area contributed by atoms with Crippen molar-refractivity contribution in [2.75, 3.05) is 6.61 Å². The molecule has 1 aromatic carbocycles. The van der Waals surface area contributed by atoms with Crippen molar-refractivity contribution in [3.8, 4) is 0 Å². The molecular weight excluding hydrogens is 394 g/mol. The number of esters is 2. The van der Waals surface area contributed by atoms with Crippen molar-refractivity contribution < 1.29 is 23.8 Å². The van der Waals surface area contributed by atoms with Crippen molar-refractivity contribution in [2.24, 2.45) is 5.73 Å². The maximum atomic E-state index is 12.2. The fourth-order valence-corrected chi connectivity index (χ4v) is 3.15. The highest BCUT2D eigenvalue weighted by Crippen LogP contribution is 2.25. The van der Waals surface area contributed by atoms with Gasteiger partial charge in [0.2, 0.25) is 0 Å². The standard InChI is InChI=1S/C25H41NO5/c1-23(2,3)30-21(27)13-16-25(26,17-14-22(28)31-24(4,5)6)15-10-18-29-19-20-11-8-7-9-12-20/h7-9,11-12H,10,13-19,26H2,1-6H3. The van der Waals surface area contributed by atoms with Gasteiger partial charge in [0.05, 0.1) is 6.61 Å². The number of nitrogens with two attached hydrogens (primary N) is 1. The van der Waals surface area contributed by atoms with Crippen LogP contribution in [0.15, 0.2) is 30.3 Å². The van der Waals surface area contributed by atoms with Crippen LogP contribution in [0.1, 0.15) is 85.6 Å². The van der Waals surface area contributed by atoms with Crippen molar-refractivity contribution >= 4 is 11.9 Å². The van der Waals surface area contributed by atoms with Crippen molar-refractivity contribution in [3.63, 3.8) is 0 Å². The van der Waals surface area contributed by atoms with E-state index in [0.29, 0.717) is 32.5 Å². The Hall–Kier alpha value is -1.92. The maximum absolute atomic E-state index is 12.2. The van der Waals surface area contributed by atoms with E-state index in [1.807, 2.05) is 71.9 Å². The minimum atomic E-state index is -0.663. The lowest BCUT2D eigenvalue weighted by Gasteiger charge is -2.30. The van der Waals surface area contributed by atoms with Gasteiger partial charge in [-0.1, -0.05) is 30.3 Å². The van der Waals surface area contributed by atoms with Gasteiger partial charge in [-0.15, -0.1) is 0 Å². The fraction of sp³-hybridized carbons (Fsp3) is 0.680. The van der Waals surface area contributed by atoms with E-state index < -0.39 is 16.7 Å². The molecule has 6 heteroatoms. The smallest absolute Gasteiger partial charge is 0.306 e. The van der Waals surface area contributed by atoms with E-state index in [4.69, 9.17) is 19.9 Å². The van der Waals surface area contributed by atoms with Crippen LogP contribution < -0.4 is 5.73 Å². The first-order chi connectivity index (χ1) is 14.3. The summed E-state index contributed by atoms with van der Waals surface area (Å²) < 4.78 is 16.6. The second kappa shape index (κ2) is 12.2. The van der Waals surface area contributed by atoms with Crippen LogP contribution in [0.4, 0.5) is 0 Å². The molecule has 0 unspecified atom stereocenters. The zero-order chi connectivity index (χ0) is 23.5. The molecule has 0 spiro atoms. The lowest BCUT2D eigenvalue weighted by Crippen LogP contribution is -2.42. The summed E-state index contributed by atoms with van der Waals surface area (Å²) in [4.78, 5) is 24.3. The largest absolute Gasteiger partial charge is 0.460 e. The average Bonchev–Trinajstić information content (AvgIpc) is 2.63. The van der Waals surface area contributed by atoms with Gasteiger partial charge in [0.25, 0.3) is 0 Å². The van der Waals surface area contributed by atoms with Crippen LogP contribution in [-0.2, 0) is 30.4 Å². The molecule has 1 rings (SSSR count). The van der Waals surface area contributed by atoms with Gasteiger partial charge in [-0.2, -0.15) is 0 Å². The maximum Gasteiger partial charge on any atom is 0.306 e. The van der Waals surface area contributed by atoms with E-state index in [2.05, 4.69) is 0 Å². The van der Waals surface area contributed by atoms with Crippen LogP contribution in [0.5, 0.6) is 0 Å². The number of rotatable bonds is 12. The molecule has 176 valence electrons. The highest BCUT2D eigenvalue weighted by molar-refractivity contribution is 5.70. The Balaban J connectivity index is 2.56. The van der Waals surface area contributed by atoms with Crippen molar-refractivity contribution in [1.29, 1.82) is 0 Å². The van der Waals surface area contributed by atoms with Gasteiger partial charge >= 0.3 is 11.9 Å². The molecule has 0 saturated heterocycles. The molecule has 0 atom stereocenters. The molecule has 2 N–H and O–H groups in total. The molecule has 0 fully saturated rings. The van der Waals surface area contributed by atoms with E-state index in [9.17, 15) is 9.59 Å². The van der Waals surface area contributed by atoms with Crippen LogP contribution in [0.3, 0.4) is 0 Å². The van der Waals surface area contributed by atoms with Crippen LogP contribution in [0, 0.1) is 0 Å². The van der Waals surface area contributed by atoms with Gasteiger partial charge < -0.3 is 19.9 Å². The first-order valence-electron chi connectivity index (χ1n) is 11.1. The SMILES string of the molecule is CC(C)(C)OC(=O)CCC(N)(CCCOCc1ccccc1)CCC(=O)OC(C)(C)C. The Labute approximate surface area is 187 Å². The van der Waals surface area contributed by atoms with Gasteiger partial charge in [0, 0.05) is 25.0 Å². The van der Waals surface area contributed by atoms with Gasteiger partial charge in [-0.3, -0.25) is 9.59 Å². The van der Waals surface area contributed by atoms with Gasteiger partial charge in [0.1, 0.15) is 11.2 Å². The summed E-state index contributed by atoms with van der Waals surface area (Å²) in [5.74, 6) is -0.556. The molecular formula is C25H41NO5. The third-order valence-electron chi connectivity index (χ3n) is 4.57. The topological polar surface area (TPSA) is 87.9 Å². The predicted octanol–water partition coefficient (Wildman–Crippen LogP) is 4.92. The summed E-state index contributed by atoms with van der Waals surface area (Å²) in [7, 11) is 0. The zero-order valence-corrected chi connectivity index (χ0v) is 20.2. The Bertz CT molecular complexity index is 641. The Kier molecular flexibility index (Phi) is 10.7. The second-order valence-corrected chi connectivity index (χ2v) is 10.2. The average molecular weight is 436 g/mol. The van der Waals surface area contributed by atoms with E-state index in [1.54, 1.807) is 0 Å². The molecule has 0 aliphatic heterocycles. The number of benzene rings is 1. The Morgan fingerprint density at radius 3 is 1.74 bits per heavy atom. The third-order valence-corrected chi connectivity index (χ3v) is 4.57. The Morgan fingerprint density at radius 1 is 0.806 bits per heavy atom. The number of ether oxygens (including phenoxy) is 3. The minimum Gasteiger partial charge on any atom is -0.460 e. The van der Waals surface area contributed by atoms with Crippen LogP contribution in [0.2, 0.25) is 0 Å². The first kappa shape index (κ1) is 27.1. The minimum absolute atomic E-state index is 0.215. The van der Waals surface area contributed by atoms with Crippen molar-refractivity contribution in [3.05, 3.63) is 35.9 Å². The molecule has 0 aliphatic rings. The summed E-state index contributed by atoms with van der Waals surface area (Å²) in [6, 6.07) is 9.99. The van der Waals surface area contributed by atoms with Gasteiger partial charge in [-0.05, 0) is 72.8 Å². The van der Waals surface area contributed by atoms with Gasteiger partial charge in [-0.25, -0.2) is 0 Å². The van der Waals surface area contributed by atoms with Gasteiger partial charge in [0.15, 0.2) is 0 Å². The molecule has 0 radical (unpaired) electrons. The van der Waals surface area contributed by atoms with Crippen LogP contribution >= 0.6 is 0 Å². The molecule has 0 heterocycles. The molecule has 1 aromatic rings. The Morgan fingerprint density at radius 2 is 1.29 bits per heavy atom. The van der Waals surface area contributed by atoms with E-state index in [1.165, 1.54) is 0 Å². The quantitative estimate of drug-likeness (QED) is 0.370. The lowest BCUT2D eigenvalue weighted by molar-refractivity contribution is -0.155. The summed E-state index contributed by atoms with van der Waals surface area (Å²) in [5, 5.41) is 0. The van der Waals surface area contributed by atoms with Crippen LogP contribution in [0.25, 0.3) is 0 Å². The van der Waals surface area contributed by atoms with E-state index in [-0.39, 0.29) is 24.8 Å². The molecule has 0 saturated carbocycles. The summed E-state index contributed by atoms with van der Waals surface area (Å²) >= 11 is 0. The first-order valence-corrected chi connectivity index (χ1v) is 11.1. The lowest BCUT2D eigenvalue weighted by atomic mass is 9.85. The molecule has 0 aliphatic carbocycles. The highest BCUT2D eigenvalue weighted by atomic mass is 16.6. The van der Waals surface area contributed by atoms with E-state index >= 15 is 0 Å². The highest BCUT2D eigenvalue weighted by Gasteiger charge is 2.29. The fourth-order valence-electron chi connectivity index (χ4n) is 3.15. The number of carbonyl (C=O) groups excluding carboxylic acids is 2. The number of hydrogen-bond donors (Lipinski definition) is 1. The molecule has 6 nitrogen and oxygen atoms in total. The summed E-state index contributed by atoms with van der Waals surface area (Å²) in [5.41, 5.74) is 6.04. The van der Waals surface area contributed by atoms with Crippen molar-refractivity contribution in [1.82, 2.24) is 0 Å². The predicted molar refractivity (Wildman–Crippen MR) is 122 cm³/mol.